The number of rotatable bonds is 5. The number of alkyl halides is 3. The molecule has 1 aromatic heterocycles. The Bertz CT molecular complexity index is 1280. The first kappa shape index (κ1) is 26.9. The Balaban J connectivity index is 0.000000454. The van der Waals surface area contributed by atoms with E-state index in [4.69, 9.17) is 32.0 Å². The summed E-state index contributed by atoms with van der Waals surface area (Å²) in [5.74, 6) is -2.58. The van der Waals surface area contributed by atoms with Gasteiger partial charge >= 0.3 is 12.1 Å². The Morgan fingerprint density at radius 1 is 1.25 bits per heavy atom. The Hall–Kier alpha value is -3.71. The van der Waals surface area contributed by atoms with Gasteiger partial charge in [0.05, 0.1) is 22.3 Å². The average Bonchev–Trinajstić information content (AvgIpc) is 3.17. The van der Waals surface area contributed by atoms with Gasteiger partial charge in [-0.15, -0.1) is 0 Å². The number of hydrogen-bond donors (Lipinski definition) is 3. The Labute approximate surface area is 206 Å². The van der Waals surface area contributed by atoms with Crippen molar-refractivity contribution in [1.29, 1.82) is 0 Å². The number of carboxylic acid groups (broad SMARTS) is 1. The molecule has 4 N–H and O–H groups in total. The zero-order valence-corrected chi connectivity index (χ0v) is 19.3. The zero-order valence-electron chi connectivity index (χ0n) is 18.6. The van der Waals surface area contributed by atoms with E-state index < -0.39 is 18.0 Å². The van der Waals surface area contributed by atoms with E-state index in [1.165, 1.54) is 12.4 Å². The van der Waals surface area contributed by atoms with Crippen molar-refractivity contribution in [2.75, 3.05) is 18.9 Å². The van der Waals surface area contributed by atoms with E-state index in [0.717, 1.165) is 0 Å². The van der Waals surface area contributed by atoms with Crippen molar-refractivity contribution in [2.45, 2.75) is 24.7 Å². The molecule has 2 heterocycles. The number of benzene rings is 2. The number of anilines is 2. The van der Waals surface area contributed by atoms with Crippen molar-refractivity contribution in [3.05, 3.63) is 53.6 Å². The van der Waals surface area contributed by atoms with E-state index in [0.29, 0.717) is 35.4 Å². The first-order chi connectivity index (χ1) is 16.9. The summed E-state index contributed by atoms with van der Waals surface area (Å²) in [6, 6.07) is 9.77. The van der Waals surface area contributed by atoms with E-state index in [1.54, 1.807) is 30.3 Å². The van der Waals surface area contributed by atoms with Crippen LogP contribution in [0.5, 0.6) is 5.75 Å². The van der Waals surface area contributed by atoms with Gasteiger partial charge in [-0.25, -0.2) is 19.2 Å². The van der Waals surface area contributed by atoms with Gasteiger partial charge in [-0.05, 0) is 31.3 Å². The summed E-state index contributed by atoms with van der Waals surface area (Å²) in [4.78, 5) is 30.8. The predicted octanol–water partition coefficient (Wildman–Crippen LogP) is 3.74. The number of fused-ring (bicyclic) bond motifs is 1. The average molecular weight is 530 g/mol. The number of likely N-dealkylation sites (N-methyl/N-ethyl adjacent to an activating group) is 1. The van der Waals surface area contributed by atoms with Gasteiger partial charge in [0.2, 0.25) is 5.91 Å². The van der Waals surface area contributed by atoms with Gasteiger partial charge in [0, 0.05) is 24.4 Å². The quantitative estimate of drug-likeness (QED) is 0.426. The van der Waals surface area contributed by atoms with Gasteiger partial charge in [0.1, 0.15) is 24.0 Å². The first-order valence-corrected chi connectivity index (χ1v) is 10.7. The second-order valence-electron chi connectivity index (χ2n) is 7.76. The molecular formula is C22H20ClF4N5O4. The highest BCUT2D eigenvalue weighted by Crippen LogP contribution is 2.30. The molecule has 0 spiro atoms. The minimum absolute atomic E-state index is 0.0276. The number of carbonyl (C=O) groups excluding carboxylic acids is 1. The molecule has 1 aliphatic rings. The summed E-state index contributed by atoms with van der Waals surface area (Å²) in [5.41, 5.74) is 6.29. The number of aromatic nitrogens is 2. The van der Waals surface area contributed by atoms with Crippen LogP contribution in [0.25, 0.3) is 10.9 Å². The summed E-state index contributed by atoms with van der Waals surface area (Å²) < 4.78 is 52.0. The van der Waals surface area contributed by atoms with Gasteiger partial charge in [-0.2, -0.15) is 13.2 Å². The van der Waals surface area contributed by atoms with Crippen molar-refractivity contribution in [3.8, 4) is 5.75 Å². The van der Waals surface area contributed by atoms with Gasteiger partial charge in [-0.1, -0.05) is 17.7 Å². The fraction of sp³-hybridized carbons (Fsp3) is 0.273. The second kappa shape index (κ2) is 10.9. The summed E-state index contributed by atoms with van der Waals surface area (Å²) >= 11 is 5.84. The molecule has 0 saturated carbocycles. The van der Waals surface area contributed by atoms with E-state index >= 15 is 0 Å². The van der Waals surface area contributed by atoms with Crippen LogP contribution < -0.4 is 15.8 Å². The molecule has 2 aromatic carbocycles. The van der Waals surface area contributed by atoms with Crippen LogP contribution in [-0.4, -0.2) is 63.8 Å². The number of carboxylic acids is 1. The maximum Gasteiger partial charge on any atom is 0.490 e. The zero-order chi connectivity index (χ0) is 26.6. The van der Waals surface area contributed by atoms with Crippen molar-refractivity contribution >= 4 is 45.9 Å². The van der Waals surface area contributed by atoms with Crippen molar-refractivity contribution in [1.82, 2.24) is 14.9 Å². The number of halogens is 5. The Kier molecular flexibility index (Phi) is 8.15. The summed E-state index contributed by atoms with van der Waals surface area (Å²) in [6.45, 7) is 0.607. The van der Waals surface area contributed by atoms with Crippen molar-refractivity contribution in [3.63, 3.8) is 0 Å². The lowest BCUT2D eigenvalue weighted by Crippen LogP contribution is -2.37. The van der Waals surface area contributed by atoms with Crippen LogP contribution in [0.1, 0.15) is 6.42 Å². The van der Waals surface area contributed by atoms with Gasteiger partial charge in [-0.3, -0.25) is 9.69 Å². The lowest BCUT2D eigenvalue weighted by molar-refractivity contribution is -0.192. The Morgan fingerprint density at radius 2 is 1.94 bits per heavy atom. The molecule has 0 unspecified atom stereocenters. The topological polar surface area (TPSA) is 131 Å². The van der Waals surface area contributed by atoms with E-state index in [9.17, 15) is 22.4 Å². The van der Waals surface area contributed by atoms with E-state index in [-0.39, 0.29) is 28.8 Å². The number of hydrogen-bond acceptors (Lipinski definition) is 7. The molecule has 0 aliphatic carbocycles. The number of primary amides is 1. The third-order valence-electron chi connectivity index (χ3n) is 5.20. The van der Waals surface area contributed by atoms with Crippen LogP contribution >= 0.6 is 11.6 Å². The molecular weight excluding hydrogens is 510 g/mol. The molecule has 1 aliphatic heterocycles. The smallest absolute Gasteiger partial charge is 0.489 e. The molecule has 0 bridgehead atoms. The summed E-state index contributed by atoms with van der Waals surface area (Å²) in [5, 5.41) is 10.8. The standard InChI is InChI=1S/C20H19ClFN5O2.C2HF3O2/c1-27-9-12(8-17(27)19(23)28)29-11-5-6-13-16(7-11)24-10-25-20(13)26-15-4-2-3-14(21)18(15)22;3-2(4,5)1(6)7/h2-7,10,12,17H,8-9H2,1H3,(H2,23,28)(H,24,25,26);(H,6,7)/t12-,17+;/m1./s1. The van der Waals surface area contributed by atoms with E-state index in [1.807, 2.05) is 11.9 Å². The summed E-state index contributed by atoms with van der Waals surface area (Å²) in [6.07, 6.45) is -3.30. The van der Waals surface area contributed by atoms with Crippen LogP contribution in [0.4, 0.5) is 29.1 Å². The maximum atomic E-state index is 14.2. The maximum absolute atomic E-state index is 14.2. The molecule has 3 aromatic rings. The third-order valence-corrected chi connectivity index (χ3v) is 5.49. The number of aliphatic carboxylic acids is 1. The van der Waals surface area contributed by atoms with Crippen molar-refractivity contribution in [2.24, 2.45) is 5.73 Å². The Morgan fingerprint density at radius 3 is 2.56 bits per heavy atom. The molecule has 9 nitrogen and oxygen atoms in total. The molecule has 2 atom stereocenters. The summed E-state index contributed by atoms with van der Waals surface area (Å²) in [7, 11) is 1.85. The third kappa shape index (κ3) is 6.49. The largest absolute Gasteiger partial charge is 0.490 e. The number of nitrogens with two attached hydrogens (primary N) is 1. The number of carbonyl (C=O) groups is 2. The minimum atomic E-state index is -5.08. The minimum Gasteiger partial charge on any atom is -0.489 e. The first-order valence-electron chi connectivity index (χ1n) is 10.3. The fourth-order valence-electron chi connectivity index (χ4n) is 3.50. The molecule has 1 fully saturated rings. The van der Waals surface area contributed by atoms with Gasteiger partial charge in [0.25, 0.3) is 0 Å². The number of ether oxygens (including phenoxy) is 1. The number of amides is 1. The predicted molar refractivity (Wildman–Crippen MR) is 123 cm³/mol. The molecule has 4 rings (SSSR count). The second-order valence-corrected chi connectivity index (χ2v) is 8.17. The van der Waals surface area contributed by atoms with Crippen LogP contribution in [0.2, 0.25) is 5.02 Å². The molecule has 36 heavy (non-hydrogen) atoms. The monoisotopic (exact) mass is 529 g/mol. The van der Waals surface area contributed by atoms with Crippen LogP contribution in [0.15, 0.2) is 42.7 Å². The van der Waals surface area contributed by atoms with Crippen molar-refractivity contribution < 1.29 is 37.0 Å². The molecule has 1 amide bonds. The van der Waals surface area contributed by atoms with Gasteiger partial charge < -0.3 is 20.9 Å². The van der Waals surface area contributed by atoms with Crippen LogP contribution in [0, 0.1) is 5.82 Å². The van der Waals surface area contributed by atoms with E-state index in [2.05, 4.69) is 15.3 Å². The van der Waals surface area contributed by atoms with Gasteiger partial charge in [0.15, 0.2) is 5.82 Å². The highest BCUT2D eigenvalue weighted by Gasteiger charge is 2.38. The molecule has 14 heteroatoms. The highest BCUT2D eigenvalue weighted by atomic mass is 35.5. The highest BCUT2D eigenvalue weighted by molar-refractivity contribution is 6.31. The lowest BCUT2D eigenvalue weighted by Gasteiger charge is -2.15. The molecule has 192 valence electrons. The number of nitrogens with one attached hydrogen (secondary N) is 1. The molecule has 0 radical (unpaired) electrons. The normalized spacial score (nSPS) is 17.8. The van der Waals surface area contributed by atoms with Crippen LogP contribution in [0.3, 0.4) is 0 Å². The molecule has 1 saturated heterocycles. The van der Waals surface area contributed by atoms with Crippen LogP contribution in [-0.2, 0) is 9.59 Å². The lowest BCUT2D eigenvalue weighted by atomic mass is 10.2. The SMILES string of the molecule is CN1C[C@H](Oc2ccc3c(Nc4cccc(Cl)c4F)ncnc3c2)C[C@H]1C(N)=O.O=C(O)C(F)(F)F. The number of nitrogens with zero attached hydrogens (tertiary/aromatic N) is 3. The number of likely N-dealkylation sites (tertiary alicyclic amines) is 1. The fourth-order valence-corrected chi connectivity index (χ4v) is 3.68.